The number of carbonyl (C=O) groups excluding carboxylic acids is 2. The van der Waals surface area contributed by atoms with Crippen molar-refractivity contribution in [3.05, 3.63) is 35.4 Å². The predicted octanol–water partition coefficient (Wildman–Crippen LogP) is -0.0289. The molecule has 1 aliphatic rings. The van der Waals surface area contributed by atoms with Crippen molar-refractivity contribution in [2.45, 2.75) is 25.6 Å². The summed E-state index contributed by atoms with van der Waals surface area (Å²) in [5, 5.41) is 8.95. The molecule has 7 heteroatoms. The van der Waals surface area contributed by atoms with Crippen molar-refractivity contribution in [3.8, 4) is 0 Å². The number of carbonyl (C=O) groups is 2. The molecule has 0 bridgehead atoms. The van der Waals surface area contributed by atoms with Gasteiger partial charge in [0.25, 0.3) is 5.91 Å². The van der Waals surface area contributed by atoms with Crippen molar-refractivity contribution in [3.63, 3.8) is 0 Å². The Hall–Kier alpha value is -1.96. The molecular formula is C18H28N4O3. The fourth-order valence-corrected chi connectivity index (χ4v) is 2.64. The van der Waals surface area contributed by atoms with Crippen LogP contribution in [0.1, 0.15) is 22.8 Å². The first-order chi connectivity index (χ1) is 12.0. The Labute approximate surface area is 149 Å². The molecule has 2 amide bonds. The van der Waals surface area contributed by atoms with Gasteiger partial charge in [0.15, 0.2) is 0 Å². The maximum Gasteiger partial charge on any atom is 0.251 e. The Balaban J connectivity index is 1.86. The summed E-state index contributed by atoms with van der Waals surface area (Å²) in [6.45, 7) is 4.94. The zero-order valence-corrected chi connectivity index (χ0v) is 15.2. The highest BCUT2D eigenvalue weighted by atomic mass is 16.5. The number of hydrogen-bond acceptors (Lipinski definition) is 5. The Morgan fingerprint density at radius 3 is 2.84 bits per heavy atom. The van der Waals surface area contributed by atoms with E-state index in [9.17, 15) is 9.59 Å². The van der Waals surface area contributed by atoms with E-state index in [1.54, 1.807) is 12.1 Å². The van der Waals surface area contributed by atoms with Crippen LogP contribution >= 0.6 is 0 Å². The molecule has 3 N–H and O–H groups in total. The summed E-state index contributed by atoms with van der Waals surface area (Å²) in [5.41, 5.74) is 1.48. The van der Waals surface area contributed by atoms with Crippen molar-refractivity contribution in [2.24, 2.45) is 0 Å². The van der Waals surface area contributed by atoms with Gasteiger partial charge in [-0.15, -0.1) is 0 Å². The summed E-state index contributed by atoms with van der Waals surface area (Å²) in [5.74, 6) is -0.195. The van der Waals surface area contributed by atoms with E-state index in [1.165, 1.54) is 0 Å². The smallest absolute Gasteiger partial charge is 0.251 e. The lowest BCUT2D eigenvalue weighted by Crippen LogP contribution is -2.55. The van der Waals surface area contributed by atoms with E-state index >= 15 is 0 Å². The number of benzene rings is 1. The normalized spacial score (nSPS) is 20.3. The molecule has 1 fully saturated rings. The lowest BCUT2D eigenvalue weighted by atomic mass is 10.1. The minimum Gasteiger partial charge on any atom is -0.375 e. The number of amides is 2. The molecule has 0 aromatic heterocycles. The van der Waals surface area contributed by atoms with Crippen LogP contribution in [-0.2, 0) is 16.1 Å². The first kappa shape index (κ1) is 19.4. The summed E-state index contributed by atoms with van der Waals surface area (Å²) in [6, 6.07) is 6.96. The molecular weight excluding hydrogens is 320 g/mol. The van der Waals surface area contributed by atoms with Gasteiger partial charge in [-0.3, -0.25) is 9.59 Å². The van der Waals surface area contributed by atoms with Gasteiger partial charge in [0.05, 0.1) is 12.7 Å². The average molecular weight is 348 g/mol. The number of nitrogens with one attached hydrogen (secondary N) is 3. The average Bonchev–Trinajstić information content (AvgIpc) is 2.60. The van der Waals surface area contributed by atoms with E-state index in [0.29, 0.717) is 31.8 Å². The number of ether oxygens (including phenoxy) is 1. The molecule has 1 aliphatic heterocycles. The van der Waals surface area contributed by atoms with E-state index in [1.807, 2.05) is 38.1 Å². The summed E-state index contributed by atoms with van der Waals surface area (Å²) in [6.07, 6.45) is -0.150. The third-order valence-electron chi connectivity index (χ3n) is 4.10. The number of rotatable bonds is 7. The highest BCUT2D eigenvalue weighted by molar-refractivity contribution is 5.94. The third-order valence-corrected chi connectivity index (χ3v) is 4.10. The van der Waals surface area contributed by atoms with Crippen LogP contribution in [0.25, 0.3) is 0 Å². The molecule has 0 unspecified atom stereocenters. The number of morpholine rings is 1. The van der Waals surface area contributed by atoms with E-state index in [-0.39, 0.29) is 24.0 Å². The highest BCUT2D eigenvalue weighted by Gasteiger charge is 2.27. The summed E-state index contributed by atoms with van der Waals surface area (Å²) >= 11 is 0. The largest absolute Gasteiger partial charge is 0.375 e. The quantitative estimate of drug-likeness (QED) is 0.645. The Morgan fingerprint density at radius 2 is 2.12 bits per heavy atom. The van der Waals surface area contributed by atoms with E-state index in [2.05, 4.69) is 16.0 Å². The lowest BCUT2D eigenvalue weighted by molar-refractivity contribution is -0.129. The van der Waals surface area contributed by atoms with Gasteiger partial charge >= 0.3 is 0 Å². The number of likely N-dealkylation sites (N-methyl/N-ethyl adjacent to an activating group) is 1. The Kier molecular flexibility index (Phi) is 7.36. The van der Waals surface area contributed by atoms with Crippen LogP contribution in [0.4, 0.5) is 0 Å². The maximum absolute atomic E-state index is 12.3. The van der Waals surface area contributed by atoms with Crippen LogP contribution in [-0.4, -0.2) is 69.2 Å². The fraction of sp³-hybridized carbons (Fsp3) is 0.556. The Bertz CT molecular complexity index is 591. The first-order valence-electron chi connectivity index (χ1n) is 8.62. The van der Waals surface area contributed by atoms with Gasteiger partial charge in [-0.2, -0.15) is 0 Å². The zero-order valence-electron chi connectivity index (χ0n) is 15.2. The van der Waals surface area contributed by atoms with E-state index in [0.717, 1.165) is 12.1 Å². The van der Waals surface area contributed by atoms with Gasteiger partial charge in [-0.25, -0.2) is 0 Å². The molecule has 0 spiro atoms. The van der Waals surface area contributed by atoms with Crippen LogP contribution in [0, 0.1) is 0 Å². The highest BCUT2D eigenvalue weighted by Crippen LogP contribution is 2.07. The third kappa shape index (κ3) is 6.12. The van der Waals surface area contributed by atoms with Crippen LogP contribution in [0.15, 0.2) is 24.3 Å². The number of nitrogens with zero attached hydrogens (tertiary/aromatic N) is 1. The van der Waals surface area contributed by atoms with Crippen LogP contribution in [0.3, 0.4) is 0 Å². The van der Waals surface area contributed by atoms with Crippen molar-refractivity contribution in [2.75, 3.05) is 40.3 Å². The molecule has 1 saturated heterocycles. The molecule has 1 heterocycles. The van der Waals surface area contributed by atoms with Gasteiger partial charge in [-0.05, 0) is 38.7 Å². The van der Waals surface area contributed by atoms with E-state index < -0.39 is 0 Å². The molecule has 25 heavy (non-hydrogen) atoms. The molecule has 2 atom stereocenters. The molecule has 138 valence electrons. The maximum atomic E-state index is 12.3. The minimum atomic E-state index is -0.341. The van der Waals surface area contributed by atoms with Gasteiger partial charge in [0.1, 0.15) is 6.04 Å². The molecule has 1 aromatic rings. The van der Waals surface area contributed by atoms with E-state index in [4.69, 9.17) is 4.74 Å². The van der Waals surface area contributed by atoms with Crippen molar-refractivity contribution in [1.29, 1.82) is 0 Å². The fourth-order valence-electron chi connectivity index (χ4n) is 2.64. The van der Waals surface area contributed by atoms with Gasteiger partial charge in [0.2, 0.25) is 5.91 Å². The van der Waals surface area contributed by atoms with Crippen LogP contribution in [0.2, 0.25) is 0 Å². The van der Waals surface area contributed by atoms with Gasteiger partial charge in [0, 0.05) is 31.7 Å². The molecule has 2 rings (SSSR count). The topological polar surface area (TPSA) is 82.7 Å². The molecule has 0 aliphatic carbocycles. The summed E-state index contributed by atoms with van der Waals surface area (Å²) in [4.78, 5) is 26.4. The van der Waals surface area contributed by atoms with Crippen LogP contribution in [0.5, 0.6) is 0 Å². The minimum absolute atomic E-state index is 0.0898. The lowest BCUT2D eigenvalue weighted by Gasteiger charge is -2.29. The standard InChI is InChI=1S/C18H28N4O3/c1-13-16(19-8-10-25-13)18(24)21-12-14-5-4-6-15(11-14)17(23)20-7-9-22(2)3/h4-6,11,13,16,19H,7-10,12H2,1-3H3,(H,20,23)(H,21,24)/t13-,16+/m1/s1. The second-order valence-electron chi connectivity index (χ2n) is 6.49. The number of hydrogen-bond donors (Lipinski definition) is 3. The summed E-state index contributed by atoms with van der Waals surface area (Å²) in [7, 11) is 3.92. The molecule has 0 radical (unpaired) electrons. The van der Waals surface area contributed by atoms with Crippen molar-refractivity contribution >= 4 is 11.8 Å². The molecule has 0 saturated carbocycles. The zero-order chi connectivity index (χ0) is 18.2. The van der Waals surface area contributed by atoms with Crippen LogP contribution < -0.4 is 16.0 Å². The second-order valence-corrected chi connectivity index (χ2v) is 6.49. The summed E-state index contributed by atoms with van der Waals surface area (Å²) < 4.78 is 5.49. The SMILES string of the molecule is C[C@H]1OCCN[C@@H]1C(=O)NCc1cccc(C(=O)NCCN(C)C)c1. The predicted molar refractivity (Wildman–Crippen MR) is 96.4 cm³/mol. The monoisotopic (exact) mass is 348 g/mol. The van der Waals surface area contributed by atoms with Gasteiger partial charge in [-0.1, -0.05) is 12.1 Å². The molecule has 1 aromatic carbocycles. The van der Waals surface area contributed by atoms with Crippen molar-refractivity contribution < 1.29 is 14.3 Å². The Morgan fingerprint density at radius 1 is 1.32 bits per heavy atom. The van der Waals surface area contributed by atoms with Gasteiger partial charge < -0.3 is 25.6 Å². The van der Waals surface area contributed by atoms with Crippen molar-refractivity contribution in [1.82, 2.24) is 20.9 Å². The molecule has 7 nitrogen and oxygen atoms in total. The first-order valence-corrected chi connectivity index (χ1v) is 8.62. The second kappa shape index (κ2) is 9.50.